The molecule has 1 aromatic carbocycles. The highest BCUT2D eigenvalue weighted by molar-refractivity contribution is 5.94. The number of carbonyl (C=O) groups excluding carboxylic acids is 1. The lowest BCUT2D eigenvalue weighted by Crippen LogP contribution is -2.23. The SMILES string of the molecule is CN(C)C(=O)c1ccc([N+](=O)[O-])c(OC2CCNC2)c1. The average molecular weight is 279 g/mol. The van der Waals surface area contributed by atoms with Crippen LogP contribution >= 0.6 is 0 Å². The number of nitrogens with one attached hydrogen (secondary N) is 1. The van der Waals surface area contributed by atoms with Gasteiger partial charge in [-0.3, -0.25) is 14.9 Å². The number of rotatable bonds is 4. The summed E-state index contributed by atoms with van der Waals surface area (Å²) in [6.07, 6.45) is 0.696. The Morgan fingerprint density at radius 3 is 2.80 bits per heavy atom. The molecule has 1 heterocycles. The Hall–Kier alpha value is -2.15. The van der Waals surface area contributed by atoms with Gasteiger partial charge in [0.05, 0.1) is 4.92 Å². The zero-order valence-corrected chi connectivity index (χ0v) is 11.5. The van der Waals surface area contributed by atoms with Gasteiger partial charge in [0.2, 0.25) is 0 Å². The summed E-state index contributed by atoms with van der Waals surface area (Å²) in [4.78, 5) is 23.8. The lowest BCUT2D eigenvalue weighted by molar-refractivity contribution is -0.386. The van der Waals surface area contributed by atoms with E-state index in [9.17, 15) is 14.9 Å². The van der Waals surface area contributed by atoms with Crippen LogP contribution in [0.2, 0.25) is 0 Å². The van der Waals surface area contributed by atoms with Crippen molar-refractivity contribution in [1.29, 1.82) is 0 Å². The first-order valence-electron chi connectivity index (χ1n) is 6.36. The molecular formula is C13H17N3O4. The third kappa shape index (κ3) is 3.05. The molecule has 0 spiro atoms. The van der Waals surface area contributed by atoms with Gasteiger partial charge in [-0.05, 0) is 19.0 Å². The lowest BCUT2D eigenvalue weighted by atomic mass is 10.1. The molecule has 1 aliphatic heterocycles. The van der Waals surface area contributed by atoms with Crippen LogP contribution in [0.3, 0.4) is 0 Å². The molecule has 7 nitrogen and oxygen atoms in total. The fraction of sp³-hybridized carbons (Fsp3) is 0.462. The van der Waals surface area contributed by atoms with Crippen molar-refractivity contribution in [2.75, 3.05) is 27.2 Å². The molecular weight excluding hydrogens is 262 g/mol. The highest BCUT2D eigenvalue weighted by Gasteiger charge is 2.23. The standard InChI is InChI=1S/C13H17N3O4/c1-15(2)13(17)9-3-4-11(16(18)19)12(7-9)20-10-5-6-14-8-10/h3-4,7,10,14H,5-6,8H2,1-2H3. The van der Waals surface area contributed by atoms with Crippen LogP contribution in [0.25, 0.3) is 0 Å². The van der Waals surface area contributed by atoms with Crippen molar-refractivity contribution in [1.82, 2.24) is 10.2 Å². The first kappa shape index (κ1) is 14.3. The third-order valence-electron chi connectivity index (χ3n) is 3.12. The van der Waals surface area contributed by atoms with Crippen LogP contribution in [0.1, 0.15) is 16.8 Å². The number of nitro groups is 1. The van der Waals surface area contributed by atoms with Gasteiger partial charge in [-0.2, -0.15) is 0 Å². The third-order valence-corrected chi connectivity index (χ3v) is 3.12. The monoisotopic (exact) mass is 279 g/mol. The first-order chi connectivity index (χ1) is 9.49. The molecule has 1 atom stereocenters. The van der Waals surface area contributed by atoms with E-state index in [2.05, 4.69) is 5.32 Å². The summed E-state index contributed by atoms with van der Waals surface area (Å²) in [5, 5.41) is 14.2. The van der Waals surface area contributed by atoms with E-state index in [4.69, 9.17) is 4.74 Å². The Morgan fingerprint density at radius 1 is 1.50 bits per heavy atom. The summed E-state index contributed by atoms with van der Waals surface area (Å²) >= 11 is 0. The van der Waals surface area contributed by atoms with Crippen LogP contribution in [0, 0.1) is 10.1 Å². The Balaban J connectivity index is 2.31. The van der Waals surface area contributed by atoms with Gasteiger partial charge in [0.1, 0.15) is 6.10 Å². The molecule has 1 aromatic rings. The molecule has 0 saturated carbocycles. The summed E-state index contributed by atoms with van der Waals surface area (Å²) < 4.78 is 5.66. The predicted octanol–water partition coefficient (Wildman–Crippen LogP) is 1.04. The smallest absolute Gasteiger partial charge is 0.310 e. The molecule has 1 aliphatic rings. The van der Waals surface area contributed by atoms with E-state index in [0.29, 0.717) is 12.1 Å². The number of hydrogen-bond acceptors (Lipinski definition) is 5. The van der Waals surface area contributed by atoms with E-state index in [-0.39, 0.29) is 23.4 Å². The average Bonchev–Trinajstić information content (AvgIpc) is 2.90. The van der Waals surface area contributed by atoms with Crippen LogP contribution < -0.4 is 10.1 Å². The fourth-order valence-corrected chi connectivity index (χ4v) is 2.06. The maximum atomic E-state index is 11.9. The minimum atomic E-state index is -0.498. The van der Waals surface area contributed by atoms with Crippen molar-refractivity contribution in [3.8, 4) is 5.75 Å². The van der Waals surface area contributed by atoms with Gasteiger partial charge in [0.25, 0.3) is 5.91 Å². The summed E-state index contributed by atoms with van der Waals surface area (Å²) in [7, 11) is 3.26. The van der Waals surface area contributed by atoms with Gasteiger partial charge >= 0.3 is 5.69 Å². The summed E-state index contributed by atoms with van der Waals surface area (Å²) in [6.45, 7) is 1.48. The molecule has 1 fully saturated rings. The topological polar surface area (TPSA) is 84.7 Å². The van der Waals surface area contributed by atoms with E-state index in [1.165, 1.54) is 23.1 Å². The van der Waals surface area contributed by atoms with Crippen molar-refractivity contribution in [2.45, 2.75) is 12.5 Å². The Kier molecular flexibility index (Phi) is 4.19. The molecule has 2 rings (SSSR count). The van der Waals surface area contributed by atoms with Crippen molar-refractivity contribution in [3.63, 3.8) is 0 Å². The maximum Gasteiger partial charge on any atom is 0.310 e. The molecule has 7 heteroatoms. The molecule has 1 saturated heterocycles. The van der Waals surface area contributed by atoms with Gasteiger partial charge in [-0.25, -0.2) is 0 Å². The second-order valence-electron chi connectivity index (χ2n) is 4.87. The number of carbonyl (C=O) groups is 1. The number of benzene rings is 1. The molecule has 1 unspecified atom stereocenters. The van der Waals surface area contributed by atoms with Crippen molar-refractivity contribution in [3.05, 3.63) is 33.9 Å². The second kappa shape index (κ2) is 5.87. The van der Waals surface area contributed by atoms with Gasteiger partial charge < -0.3 is 15.0 Å². The lowest BCUT2D eigenvalue weighted by Gasteiger charge is -2.15. The normalized spacial score (nSPS) is 17.8. The zero-order chi connectivity index (χ0) is 14.7. The van der Waals surface area contributed by atoms with E-state index < -0.39 is 4.92 Å². The maximum absolute atomic E-state index is 11.9. The van der Waals surface area contributed by atoms with Gasteiger partial charge in [0, 0.05) is 38.3 Å². The largest absolute Gasteiger partial charge is 0.482 e. The van der Waals surface area contributed by atoms with Crippen LogP contribution in [-0.2, 0) is 0 Å². The molecule has 0 radical (unpaired) electrons. The van der Waals surface area contributed by atoms with Crippen LogP contribution in [0.5, 0.6) is 5.75 Å². The van der Waals surface area contributed by atoms with Gasteiger partial charge in [0.15, 0.2) is 5.75 Å². The Bertz CT molecular complexity index is 524. The van der Waals surface area contributed by atoms with Gasteiger partial charge in [-0.15, -0.1) is 0 Å². The minimum absolute atomic E-state index is 0.0987. The number of nitro benzene ring substituents is 1. The summed E-state index contributed by atoms with van der Waals surface area (Å²) in [6, 6.07) is 4.20. The number of nitrogens with zero attached hydrogens (tertiary/aromatic N) is 2. The summed E-state index contributed by atoms with van der Waals surface area (Å²) in [5.41, 5.74) is 0.258. The Labute approximate surface area is 116 Å². The minimum Gasteiger partial charge on any atom is -0.482 e. The molecule has 0 bridgehead atoms. The molecule has 1 N–H and O–H groups in total. The number of amides is 1. The molecule has 1 amide bonds. The molecule has 108 valence electrons. The number of ether oxygens (including phenoxy) is 1. The van der Waals surface area contributed by atoms with Crippen LogP contribution in [-0.4, -0.2) is 49.0 Å². The second-order valence-corrected chi connectivity index (χ2v) is 4.87. The van der Waals surface area contributed by atoms with Gasteiger partial charge in [-0.1, -0.05) is 0 Å². The van der Waals surface area contributed by atoms with Crippen molar-refractivity contribution < 1.29 is 14.5 Å². The van der Waals surface area contributed by atoms with E-state index >= 15 is 0 Å². The predicted molar refractivity (Wildman–Crippen MR) is 73.0 cm³/mol. The zero-order valence-electron chi connectivity index (χ0n) is 11.5. The molecule has 20 heavy (non-hydrogen) atoms. The fourth-order valence-electron chi connectivity index (χ4n) is 2.06. The molecule has 0 aliphatic carbocycles. The van der Waals surface area contributed by atoms with E-state index in [1.54, 1.807) is 14.1 Å². The van der Waals surface area contributed by atoms with E-state index in [1.807, 2.05) is 0 Å². The Morgan fingerprint density at radius 2 is 2.25 bits per heavy atom. The van der Waals surface area contributed by atoms with Crippen molar-refractivity contribution >= 4 is 11.6 Å². The highest BCUT2D eigenvalue weighted by Crippen LogP contribution is 2.30. The van der Waals surface area contributed by atoms with Crippen molar-refractivity contribution in [2.24, 2.45) is 0 Å². The van der Waals surface area contributed by atoms with Crippen LogP contribution in [0.4, 0.5) is 5.69 Å². The summed E-state index contributed by atoms with van der Waals surface area (Å²) in [5.74, 6) is -0.0642. The quantitative estimate of drug-likeness (QED) is 0.657. The molecule has 0 aromatic heterocycles. The first-order valence-corrected chi connectivity index (χ1v) is 6.36. The number of hydrogen-bond donors (Lipinski definition) is 1. The van der Waals surface area contributed by atoms with E-state index in [0.717, 1.165) is 13.0 Å². The highest BCUT2D eigenvalue weighted by atomic mass is 16.6. The van der Waals surface area contributed by atoms with Crippen LogP contribution in [0.15, 0.2) is 18.2 Å².